The van der Waals surface area contributed by atoms with Crippen LogP contribution in [0.15, 0.2) is 67.3 Å². The summed E-state index contributed by atoms with van der Waals surface area (Å²) in [6.45, 7) is 5.53. The van der Waals surface area contributed by atoms with E-state index in [-0.39, 0.29) is 0 Å². The first-order valence-electron chi connectivity index (χ1n) is 12.9. The Morgan fingerprint density at radius 2 is 1.89 bits per heavy atom. The first-order chi connectivity index (χ1) is 17.8. The number of morpholine rings is 1. The zero-order chi connectivity index (χ0) is 23.9. The van der Waals surface area contributed by atoms with E-state index in [0.29, 0.717) is 6.04 Å². The van der Waals surface area contributed by atoms with Crippen LogP contribution in [0.25, 0.3) is 44.3 Å². The molecule has 3 aromatic heterocycles. The second kappa shape index (κ2) is 9.08. The van der Waals surface area contributed by atoms with Gasteiger partial charge in [0.2, 0.25) is 0 Å². The summed E-state index contributed by atoms with van der Waals surface area (Å²) in [6.07, 6.45) is 8.44. The number of imidazole rings is 1. The number of piperidine rings is 1. The standard InChI is InChI=1S/C29H30N6O/c1-3-20(13-23(4-1)34-9-11-36-12-10-34)22-14-25-26(18-32-29(25)31-16-22)21-6-7-27-28(15-21)35(19-33-27)24-5-2-8-30-17-24/h1,3-4,6-7,13-16,18-19,24,30H,2,5,8-12,17H2,(H,31,32). The van der Waals surface area contributed by atoms with Crippen molar-refractivity contribution in [3.05, 3.63) is 67.3 Å². The highest BCUT2D eigenvalue weighted by Gasteiger charge is 2.18. The largest absolute Gasteiger partial charge is 0.378 e. The minimum absolute atomic E-state index is 0.453. The minimum Gasteiger partial charge on any atom is -0.378 e. The van der Waals surface area contributed by atoms with Gasteiger partial charge in [-0.25, -0.2) is 9.97 Å². The maximum absolute atomic E-state index is 5.53. The van der Waals surface area contributed by atoms with Gasteiger partial charge >= 0.3 is 0 Å². The van der Waals surface area contributed by atoms with Gasteiger partial charge in [0.15, 0.2) is 0 Å². The Labute approximate surface area is 210 Å². The lowest BCUT2D eigenvalue weighted by Crippen LogP contribution is -2.36. The molecule has 5 aromatic rings. The maximum atomic E-state index is 5.53. The number of anilines is 1. The number of aromatic amines is 1. The topological polar surface area (TPSA) is 71.0 Å². The number of hydrogen-bond donors (Lipinski definition) is 2. The van der Waals surface area contributed by atoms with E-state index in [1.165, 1.54) is 40.7 Å². The van der Waals surface area contributed by atoms with Crippen LogP contribution in [0.2, 0.25) is 0 Å². The molecule has 2 fully saturated rings. The van der Waals surface area contributed by atoms with E-state index < -0.39 is 0 Å². The molecule has 1 unspecified atom stereocenters. The normalized spacial score (nSPS) is 18.8. The Morgan fingerprint density at radius 3 is 2.78 bits per heavy atom. The molecule has 36 heavy (non-hydrogen) atoms. The molecule has 0 amide bonds. The highest BCUT2D eigenvalue weighted by molar-refractivity contribution is 5.97. The molecular formula is C29H30N6O. The zero-order valence-electron chi connectivity index (χ0n) is 20.3. The van der Waals surface area contributed by atoms with E-state index in [1.807, 2.05) is 12.5 Å². The highest BCUT2D eigenvalue weighted by Crippen LogP contribution is 2.34. The molecule has 2 aliphatic heterocycles. The number of nitrogens with one attached hydrogen (secondary N) is 2. The zero-order valence-corrected chi connectivity index (χ0v) is 20.3. The van der Waals surface area contributed by atoms with Gasteiger partial charge in [-0.1, -0.05) is 18.2 Å². The van der Waals surface area contributed by atoms with Crippen LogP contribution < -0.4 is 10.2 Å². The molecule has 0 aliphatic carbocycles. The minimum atomic E-state index is 0.453. The van der Waals surface area contributed by atoms with E-state index >= 15 is 0 Å². The molecule has 7 nitrogen and oxygen atoms in total. The van der Waals surface area contributed by atoms with Crippen LogP contribution in [0.3, 0.4) is 0 Å². The predicted octanol–water partition coefficient (Wildman–Crippen LogP) is 5.01. The average molecular weight is 479 g/mol. The van der Waals surface area contributed by atoms with Gasteiger partial charge < -0.3 is 24.5 Å². The molecule has 5 heterocycles. The monoisotopic (exact) mass is 478 g/mol. The van der Waals surface area contributed by atoms with Gasteiger partial charge in [0, 0.05) is 60.3 Å². The van der Waals surface area contributed by atoms with Crippen LogP contribution in [-0.4, -0.2) is 58.9 Å². The van der Waals surface area contributed by atoms with E-state index in [1.54, 1.807) is 0 Å². The molecular weight excluding hydrogens is 448 g/mol. The van der Waals surface area contributed by atoms with Crippen molar-refractivity contribution in [1.29, 1.82) is 0 Å². The molecule has 0 radical (unpaired) electrons. The third-order valence-corrected chi connectivity index (χ3v) is 7.64. The van der Waals surface area contributed by atoms with Crippen LogP contribution >= 0.6 is 0 Å². The number of aromatic nitrogens is 4. The van der Waals surface area contributed by atoms with Gasteiger partial charge in [-0.3, -0.25) is 0 Å². The van der Waals surface area contributed by atoms with Crippen molar-refractivity contribution < 1.29 is 4.74 Å². The second-order valence-electron chi connectivity index (χ2n) is 9.83. The summed E-state index contributed by atoms with van der Waals surface area (Å²) < 4.78 is 7.88. The molecule has 7 heteroatoms. The van der Waals surface area contributed by atoms with Gasteiger partial charge in [-0.15, -0.1) is 0 Å². The van der Waals surface area contributed by atoms with E-state index in [0.717, 1.165) is 61.5 Å². The number of hydrogen-bond acceptors (Lipinski definition) is 5. The summed E-state index contributed by atoms with van der Waals surface area (Å²) in [5.74, 6) is 0. The number of nitrogens with zero attached hydrogens (tertiary/aromatic N) is 4. The SMILES string of the molecule is c1cc(-c2cnc3[nH]cc(-c4ccc5ncn(C6CCCNC6)c5c4)c3c2)cc(N2CCOCC2)c1. The van der Waals surface area contributed by atoms with Crippen molar-refractivity contribution in [3.63, 3.8) is 0 Å². The van der Waals surface area contributed by atoms with Crippen LogP contribution in [0, 0.1) is 0 Å². The summed E-state index contributed by atoms with van der Waals surface area (Å²) in [5, 5.41) is 4.66. The fraction of sp³-hybridized carbons (Fsp3) is 0.310. The number of ether oxygens (including phenoxy) is 1. The number of H-pyrrole nitrogens is 1. The lowest BCUT2D eigenvalue weighted by atomic mass is 10.0. The van der Waals surface area contributed by atoms with E-state index in [4.69, 9.17) is 9.72 Å². The van der Waals surface area contributed by atoms with Gasteiger partial charge in [0.1, 0.15) is 5.65 Å². The van der Waals surface area contributed by atoms with Crippen molar-refractivity contribution in [3.8, 4) is 22.3 Å². The number of benzene rings is 2. The molecule has 0 bridgehead atoms. The van der Waals surface area contributed by atoms with E-state index in [9.17, 15) is 0 Å². The number of fused-ring (bicyclic) bond motifs is 2. The molecule has 0 spiro atoms. The van der Waals surface area contributed by atoms with Crippen molar-refractivity contribution in [2.45, 2.75) is 18.9 Å². The Kier molecular flexibility index (Phi) is 5.44. The predicted molar refractivity (Wildman–Crippen MR) is 144 cm³/mol. The smallest absolute Gasteiger partial charge is 0.137 e. The Balaban J connectivity index is 1.27. The van der Waals surface area contributed by atoms with Crippen molar-refractivity contribution in [2.75, 3.05) is 44.3 Å². The summed E-state index contributed by atoms with van der Waals surface area (Å²) in [7, 11) is 0. The van der Waals surface area contributed by atoms with Gasteiger partial charge in [0.25, 0.3) is 0 Å². The summed E-state index contributed by atoms with van der Waals surface area (Å²) >= 11 is 0. The van der Waals surface area contributed by atoms with Gasteiger partial charge in [0.05, 0.1) is 30.6 Å². The van der Waals surface area contributed by atoms with Crippen LogP contribution in [0.5, 0.6) is 0 Å². The van der Waals surface area contributed by atoms with Crippen LogP contribution in [0.4, 0.5) is 5.69 Å². The fourth-order valence-electron chi connectivity index (χ4n) is 5.66. The third kappa shape index (κ3) is 3.85. The molecule has 0 saturated carbocycles. The first-order valence-corrected chi connectivity index (χ1v) is 12.9. The lowest BCUT2D eigenvalue weighted by Gasteiger charge is -2.29. The maximum Gasteiger partial charge on any atom is 0.137 e. The number of rotatable bonds is 4. The fourth-order valence-corrected chi connectivity index (χ4v) is 5.66. The van der Waals surface area contributed by atoms with E-state index in [2.05, 4.69) is 79.5 Å². The average Bonchev–Trinajstić information content (AvgIpc) is 3.58. The summed E-state index contributed by atoms with van der Waals surface area (Å²) in [5.41, 5.74) is 9.03. The molecule has 2 aliphatic rings. The molecule has 2 N–H and O–H groups in total. The Morgan fingerprint density at radius 1 is 0.944 bits per heavy atom. The Hall–Kier alpha value is -3.68. The number of pyridine rings is 1. The molecule has 182 valence electrons. The van der Waals surface area contributed by atoms with Crippen LogP contribution in [0.1, 0.15) is 18.9 Å². The molecule has 7 rings (SSSR count). The van der Waals surface area contributed by atoms with Crippen LogP contribution in [-0.2, 0) is 4.74 Å². The van der Waals surface area contributed by atoms with Crippen molar-refractivity contribution >= 4 is 27.8 Å². The lowest BCUT2D eigenvalue weighted by molar-refractivity contribution is 0.122. The van der Waals surface area contributed by atoms with Crippen molar-refractivity contribution in [1.82, 2.24) is 24.8 Å². The Bertz CT molecular complexity index is 1520. The van der Waals surface area contributed by atoms with Gasteiger partial charge in [-0.05, 0) is 60.8 Å². The summed E-state index contributed by atoms with van der Waals surface area (Å²) in [6, 6.07) is 18.1. The second-order valence-corrected chi connectivity index (χ2v) is 9.83. The highest BCUT2D eigenvalue weighted by atomic mass is 16.5. The third-order valence-electron chi connectivity index (χ3n) is 7.64. The molecule has 2 saturated heterocycles. The molecule has 1 atom stereocenters. The van der Waals surface area contributed by atoms with Gasteiger partial charge in [-0.2, -0.15) is 0 Å². The quantitative estimate of drug-likeness (QED) is 0.380. The first kappa shape index (κ1) is 21.6. The molecule has 2 aromatic carbocycles. The summed E-state index contributed by atoms with van der Waals surface area (Å²) in [4.78, 5) is 15.2. The van der Waals surface area contributed by atoms with Crippen molar-refractivity contribution in [2.24, 2.45) is 0 Å².